The molecule has 3 saturated heterocycles. The van der Waals surface area contributed by atoms with Crippen molar-refractivity contribution in [3.05, 3.63) is 35.9 Å². The lowest BCUT2D eigenvalue weighted by Gasteiger charge is -2.56. The van der Waals surface area contributed by atoms with Crippen LogP contribution in [-0.4, -0.2) is 29.2 Å². The normalized spacial score (nSPS) is 35.5. The Balaban J connectivity index is 1.96. The van der Waals surface area contributed by atoms with E-state index < -0.39 is 5.72 Å². The molecule has 1 unspecified atom stereocenters. The topological polar surface area (TPSA) is 20.2 Å². The van der Waals surface area contributed by atoms with Crippen LogP contribution in [0.4, 0.5) is 0 Å². The van der Waals surface area contributed by atoms with Crippen molar-refractivity contribution in [3.8, 4) is 0 Å². The second-order valence-electron chi connectivity index (χ2n) is 5.93. The Kier molecular flexibility index (Phi) is 2.53. The summed E-state index contributed by atoms with van der Waals surface area (Å²) in [4.78, 5) is 0. The summed E-state index contributed by atoms with van der Waals surface area (Å²) in [5.74, 6) is 0.932. The monoisotopic (exact) mass is 232 g/mol. The molecule has 3 fully saturated rings. The molecule has 92 valence electrons. The molecule has 1 N–H and O–H groups in total. The van der Waals surface area contributed by atoms with E-state index in [0.717, 1.165) is 35.6 Å². The summed E-state index contributed by atoms with van der Waals surface area (Å²) in [7, 11) is 0. The van der Waals surface area contributed by atoms with E-state index in [4.69, 9.17) is 0 Å². The van der Waals surface area contributed by atoms with Crippen molar-refractivity contribution in [1.82, 2.24) is 0 Å². The molecule has 4 rings (SSSR count). The zero-order valence-electron chi connectivity index (χ0n) is 10.6. The number of fused-ring (bicyclic) bond motifs is 3. The van der Waals surface area contributed by atoms with Gasteiger partial charge in [0, 0.05) is 12.5 Å². The Morgan fingerprint density at radius 3 is 2.12 bits per heavy atom. The molecule has 2 nitrogen and oxygen atoms in total. The highest BCUT2D eigenvalue weighted by Crippen LogP contribution is 2.43. The fourth-order valence-corrected chi connectivity index (χ4v) is 3.74. The van der Waals surface area contributed by atoms with E-state index in [1.54, 1.807) is 0 Å². The van der Waals surface area contributed by atoms with Gasteiger partial charge in [0.25, 0.3) is 0 Å². The minimum Gasteiger partial charge on any atom is -0.339 e. The number of hydrogen-bond donors (Lipinski definition) is 1. The standard InChI is InChI=1S/C15H22NO/c1-15(17,14-5-3-2-4-6-14)16-10-7-13(8-11-16)9-12-16/h2-6,13,17H,7-12H2,1H3/q+1. The molecular weight excluding hydrogens is 210 g/mol. The Hall–Kier alpha value is -0.860. The van der Waals surface area contributed by atoms with Gasteiger partial charge in [-0.1, -0.05) is 30.3 Å². The average Bonchev–Trinajstić information content (AvgIpc) is 2.42. The van der Waals surface area contributed by atoms with Crippen LogP contribution in [0.1, 0.15) is 31.7 Å². The summed E-state index contributed by atoms with van der Waals surface area (Å²) in [6.45, 7) is 5.44. The summed E-state index contributed by atoms with van der Waals surface area (Å²) in [5.41, 5.74) is 0.354. The number of benzene rings is 1. The van der Waals surface area contributed by atoms with Gasteiger partial charge in [0.05, 0.1) is 19.6 Å². The van der Waals surface area contributed by atoms with Gasteiger partial charge in [-0.25, -0.2) is 0 Å². The van der Waals surface area contributed by atoms with Crippen molar-refractivity contribution in [2.75, 3.05) is 19.6 Å². The van der Waals surface area contributed by atoms with E-state index in [1.807, 2.05) is 25.1 Å². The highest BCUT2D eigenvalue weighted by molar-refractivity contribution is 5.19. The maximum absolute atomic E-state index is 11.1. The third-order valence-electron chi connectivity index (χ3n) is 5.14. The molecule has 17 heavy (non-hydrogen) atoms. The van der Waals surface area contributed by atoms with Crippen molar-refractivity contribution in [2.24, 2.45) is 5.92 Å². The maximum atomic E-state index is 11.1. The summed E-state index contributed by atoms with van der Waals surface area (Å²) in [6, 6.07) is 10.2. The first-order chi connectivity index (χ1) is 8.14. The summed E-state index contributed by atoms with van der Waals surface area (Å²) in [5, 5.41) is 11.1. The fourth-order valence-electron chi connectivity index (χ4n) is 3.74. The highest BCUT2D eigenvalue weighted by Gasteiger charge is 2.52. The van der Waals surface area contributed by atoms with Crippen molar-refractivity contribution in [2.45, 2.75) is 31.9 Å². The molecule has 1 atom stereocenters. The minimum absolute atomic E-state index is 0.716. The molecule has 1 aromatic rings. The van der Waals surface area contributed by atoms with Gasteiger partial charge in [-0.05, 0) is 25.2 Å². The lowest BCUT2D eigenvalue weighted by atomic mass is 9.82. The van der Waals surface area contributed by atoms with Crippen molar-refractivity contribution < 1.29 is 9.59 Å². The third kappa shape index (κ3) is 1.62. The second-order valence-corrected chi connectivity index (χ2v) is 5.93. The first-order valence-corrected chi connectivity index (χ1v) is 6.78. The predicted molar refractivity (Wildman–Crippen MR) is 68.2 cm³/mol. The van der Waals surface area contributed by atoms with Gasteiger partial charge in [0.1, 0.15) is 0 Å². The smallest absolute Gasteiger partial charge is 0.224 e. The summed E-state index contributed by atoms with van der Waals surface area (Å²) < 4.78 is 0.882. The molecule has 3 aliphatic rings. The molecule has 0 aliphatic carbocycles. The number of hydrogen-bond acceptors (Lipinski definition) is 1. The Morgan fingerprint density at radius 2 is 1.59 bits per heavy atom. The van der Waals surface area contributed by atoms with E-state index in [1.165, 1.54) is 19.3 Å². The zero-order chi connectivity index (χ0) is 11.9. The number of aliphatic hydroxyl groups is 1. The van der Waals surface area contributed by atoms with E-state index in [-0.39, 0.29) is 0 Å². The quantitative estimate of drug-likeness (QED) is 0.777. The second kappa shape index (κ2) is 3.82. The molecule has 2 heteroatoms. The first kappa shape index (κ1) is 11.2. The molecule has 0 aromatic heterocycles. The molecule has 2 bridgehead atoms. The van der Waals surface area contributed by atoms with Crippen LogP contribution in [0, 0.1) is 5.92 Å². The van der Waals surface area contributed by atoms with Crippen LogP contribution >= 0.6 is 0 Å². The molecule has 0 spiro atoms. The minimum atomic E-state index is -0.716. The van der Waals surface area contributed by atoms with Crippen LogP contribution in [0.3, 0.4) is 0 Å². The van der Waals surface area contributed by atoms with Crippen LogP contribution in [-0.2, 0) is 5.72 Å². The number of piperidine rings is 3. The number of quaternary nitrogens is 1. The predicted octanol–water partition coefficient (Wildman–Crippen LogP) is 2.48. The van der Waals surface area contributed by atoms with Gasteiger partial charge >= 0.3 is 0 Å². The van der Waals surface area contributed by atoms with Crippen LogP contribution in [0.25, 0.3) is 0 Å². The summed E-state index contributed by atoms with van der Waals surface area (Å²) >= 11 is 0. The SMILES string of the molecule is CC(O)(c1ccccc1)[N+]12CCC(CC1)CC2. The molecule has 1 aromatic carbocycles. The van der Waals surface area contributed by atoms with Gasteiger partial charge in [-0.15, -0.1) is 0 Å². The van der Waals surface area contributed by atoms with E-state index in [9.17, 15) is 5.11 Å². The van der Waals surface area contributed by atoms with Crippen molar-refractivity contribution >= 4 is 0 Å². The number of rotatable bonds is 2. The molecule has 3 aliphatic heterocycles. The zero-order valence-corrected chi connectivity index (χ0v) is 10.6. The van der Waals surface area contributed by atoms with E-state index in [2.05, 4.69) is 12.1 Å². The van der Waals surface area contributed by atoms with Gasteiger partial charge in [-0.3, -0.25) is 4.48 Å². The van der Waals surface area contributed by atoms with Gasteiger partial charge < -0.3 is 5.11 Å². The summed E-state index contributed by atoms with van der Waals surface area (Å²) in [6.07, 6.45) is 3.88. The molecule has 0 saturated carbocycles. The third-order valence-corrected chi connectivity index (χ3v) is 5.14. The first-order valence-electron chi connectivity index (χ1n) is 6.78. The number of nitrogens with zero attached hydrogens (tertiary/aromatic N) is 1. The van der Waals surface area contributed by atoms with E-state index in [0.29, 0.717) is 0 Å². The van der Waals surface area contributed by atoms with Gasteiger partial charge in [-0.2, -0.15) is 0 Å². The molecule has 0 radical (unpaired) electrons. The Labute approximate surface area is 103 Å². The molecule has 3 heterocycles. The van der Waals surface area contributed by atoms with Crippen molar-refractivity contribution in [3.63, 3.8) is 0 Å². The van der Waals surface area contributed by atoms with Crippen LogP contribution in [0.2, 0.25) is 0 Å². The van der Waals surface area contributed by atoms with Crippen LogP contribution in [0.15, 0.2) is 30.3 Å². The lowest BCUT2D eigenvalue weighted by molar-refractivity contribution is -1.02. The van der Waals surface area contributed by atoms with Crippen LogP contribution < -0.4 is 0 Å². The Morgan fingerprint density at radius 1 is 1.06 bits per heavy atom. The average molecular weight is 232 g/mol. The Bertz CT molecular complexity index is 377. The molecular formula is C15H22NO+. The van der Waals surface area contributed by atoms with E-state index >= 15 is 0 Å². The molecule has 0 amide bonds. The van der Waals surface area contributed by atoms with Crippen molar-refractivity contribution in [1.29, 1.82) is 0 Å². The van der Waals surface area contributed by atoms with Gasteiger partial charge in [0.15, 0.2) is 0 Å². The highest BCUT2D eigenvalue weighted by atomic mass is 16.3. The lowest BCUT2D eigenvalue weighted by Crippen LogP contribution is -2.67. The van der Waals surface area contributed by atoms with Crippen LogP contribution in [0.5, 0.6) is 0 Å². The van der Waals surface area contributed by atoms with Gasteiger partial charge in [0.2, 0.25) is 5.72 Å². The maximum Gasteiger partial charge on any atom is 0.224 e. The largest absolute Gasteiger partial charge is 0.339 e. The fraction of sp³-hybridized carbons (Fsp3) is 0.600.